The van der Waals surface area contributed by atoms with Crippen molar-refractivity contribution in [1.29, 1.82) is 0 Å². The molecular weight excluding hydrogens is 481 g/mol. The molecule has 5 nitrogen and oxygen atoms in total. The predicted octanol–water partition coefficient (Wildman–Crippen LogP) is 4.25. The zero-order valence-corrected chi connectivity index (χ0v) is 19.9. The minimum absolute atomic E-state index is 0. The number of aromatic nitrogens is 1. The normalized spacial score (nSPS) is 12.8. The van der Waals surface area contributed by atoms with Crippen LogP contribution < -0.4 is 10.6 Å². The first-order valence-electron chi connectivity index (χ1n) is 9.46. The monoisotopic (exact) mass is 511 g/mol. The van der Waals surface area contributed by atoms with Crippen molar-refractivity contribution in [2.75, 3.05) is 33.7 Å². The molecule has 2 aromatic heterocycles. The van der Waals surface area contributed by atoms with Crippen molar-refractivity contribution in [2.24, 2.45) is 4.99 Å². The summed E-state index contributed by atoms with van der Waals surface area (Å²) in [4.78, 5) is 11.7. The molecule has 7 heteroatoms. The molecule has 0 aliphatic carbocycles. The number of nitrogens with one attached hydrogen (secondary N) is 3. The Morgan fingerprint density at radius 3 is 2.71 bits per heavy atom. The maximum atomic E-state index is 4.82. The van der Waals surface area contributed by atoms with E-state index >= 15 is 0 Å². The van der Waals surface area contributed by atoms with Crippen LogP contribution in [0.4, 0.5) is 0 Å². The molecule has 1 aromatic carbocycles. The van der Waals surface area contributed by atoms with Crippen LogP contribution in [0.3, 0.4) is 0 Å². The quantitative estimate of drug-likeness (QED) is 0.241. The van der Waals surface area contributed by atoms with Crippen molar-refractivity contribution in [3.05, 3.63) is 58.4 Å². The third kappa shape index (κ3) is 5.96. The lowest BCUT2D eigenvalue weighted by Gasteiger charge is -2.22. The summed E-state index contributed by atoms with van der Waals surface area (Å²) in [5.41, 5.74) is 2.52. The van der Waals surface area contributed by atoms with Crippen LogP contribution in [0.15, 0.2) is 53.0 Å². The molecule has 0 saturated carbocycles. The van der Waals surface area contributed by atoms with E-state index in [1.807, 2.05) is 0 Å². The van der Waals surface area contributed by atoms with Gasteiger partial charge in [-0.25, -0.2) is 0 Å². The number of likely N-dealkylation sites (N-methyl/N-ethyl adjacent to an activating group) is 1. The first kappa shape index (κ1) is 22.7. The molecule has 0 bridgehead atoms. The zero-order chi connectivity index (χ0) is 19.1. The van der Waals surface area contributed by atoms with E-state index in [2.05, 4.69) is 89.5 Å². The first-order chi connectivity index (χ1) is 13.2. The van der Waals surface area contributed by atoms with Crippen LogP contribution in [0.5, 0.6) is 0 Å². The van der Waals surface area contributed by atoms with E-state index in [1.165, 1.54) is 21.3 Å². The second-order valence-electron chi connectivity index (χ2n) is 6.75. The van der Waals surface area contributed by atoms with Gasteiger partial charge in [0.2, 0.25) is 0 Å². The average molecular weight is 511 g/mol. The highest BCUT2D eigenvalue weighted by Crippen LogP contribution is 2.23. The number of aromatic amines is 1. The van der Waals surface area contributed by atoms with E-state index in [4.69, 9.17) is 4.99 Å². The Kier molecular flexibility index (Phi) is 9.27. The van der Waals surface area contributed by atoms with Gasteiger partial charge < -0.3 is 20.5 Å². The summed E-state index contributed by atoms with van der Waals surface area (Å²) in [6.45, 7) is 4.53. The van der Waals surface area contributed by atoms with Crippen molar-refractivity contribution in [3.63, 3.8) is 0 Å². The van der Waals surface area contributed by atoms with Gasteiger partial charge >= 0.3 is 0 Å². The van der Waals surface area contributed by atoms with E-state index in [-0.39, 0.29) is 24.0 Å². The number of guanidine groups is 1. The Hall–Kier alpha value is -1.58. The summed E-state index contributed by atoms with van der Waals surface area (Å²) in [6, 6.07) is 13.0. The van der Waals surface area contributed by atoms with Crippen LogP contribution >= 0.6 is 35.3 Å². The van der Waals surface area contributed by atoms with Crippen LogP contribution in [0.2, 0.25) is 0 Å². The van der Waals surface area contributed by atoms with Gasteiger partial charge in [0.1, 0.15) is 0 Å². The molecule has 0 saturated heterocycles. The van der Waals surface area contributed by atoms with Crippen molar-refractivity contribution in [3.8, 4) is 0 Å². The average Bonchev–Trinajstić information content (AvgIpc) is 3.32. The van der Waals surface area contributed by atoms with E-state index in [0.717, 1.165) is 32.0 Å². The highest BCUT2D eigenvalue weighted by atomic mass is 127. The van der Waals surface area contributed by atoms with Gasteiger partial charge in [-0.3, -0.25) is 4.99 Å². The number of rotatable bonds is 8. The Morgan fingerprint density at radius 1 is 1.18 bits per heavy atom. The molecule has 0 amide bonds. The number of thiophene rings is 1. The minimum atomic E-state index is 0. The van der Waals surface area contributed by atoms with Gasteiger partial charge in [0.25, 0.3) is 0 Å². The number of hydrogen-bond donors (Lipinski definition) is 3. The fraction of sp³-hybridized carbons (Fsp3) is 0.381. The summed E-state index contributed by atoms with van der Waals surface area (Å²) in [7, 11) is 4.22. The van der Waals surface area contributed by atoms with Crippen molar-refractivity contribution in [1.82, 2.24) is 20.5 Å². The van der Waals surface area contributed by atoms with Gasteiger partial charge in [0, 0.05) is 35.1 Å². The number of H-pyrrole nitrogens is 1. The number of benzene rings is 1. The van der Waals surface area contributed by atoms with Crippen molar-refractivity contribution < 1.29 is 0 Å². The fourth-order valence-electron chi connectivity index (χ4n) is 3.16. The largest absolute Gasteiger partial charge is 0.361 e. The van der Waals surface area contributed by atoms with E-state index in [1.54, 1.807) is 11.3 Å². The number of para-hydroxylation sites is 1. The third-order valence-electron chi connectivity index (χ3n) is 4.62. The maximum Gasteiger partial charge on any atom is 0.191 e. The van der Waals surface area contributed by atoms with E-state index in [9.17, 15) is 0 Å². The Labute approximate surface area is 188 Å². The molecule has 0 radical (unpaired) electrons. The van der Waals surface area contributed by atoms with Crippen molar-refractivity contribution >= 4 is 52.2 Å². The summed E-state index contributed by atoms with van der Waals surface area (Å²) in [6.07, 6.45) is 3.06. The second kappa shape index (κ2) is 11.4. The van der Waals surface area contributed by atoms with Gasteiger partial charge in [0.05, 0.1) is 12.6 Å². The molecular formula is C21H30IN5S. The van der Waals surface area contributed by atoms with Gasteiger partial charge in [0.15, 0.2) is 5.96 Å². The van der Waals surface area contributed by atoms with Crippen LogP contribution in [-0.4, -0.2) is 49.6 Å². The molecule has 0 spiro atoms. The third-order valence-corrected chi connectivity index (χ3v) is 5.60. The Morgan fingerprint density at radius 2 is 2.00 bits per heavy atom. The number of halogens is 1. The van der Waals surface area contributed by atoms with Gasteiger partial charge in [-0.2, -0.15) is 0 Å². The molecule has 1 atom stereocenters. The smallest absolute Gasteiger partial charge is 0.191 e. The minimum Gasteiger partial charge on any atom is -0.361 e. The molecule has 0 fully saturated rings. The van der Waals surface area contributed by atoms with Crippen molar-refractivity contribution in [2.45, 2.75) is 19.4 Å². The molecule has 28 heavy (non-hydrogen) atoms. The molecule has 0 aliphatic heterocycles. The number of fused-ring (bicyclic) bond motifs is 1. The van der Waals surface area contributed by atoms with Crippen LogP contribution in [0.25, 0.3) is 10.9 Å². The van der Waals surface area contributed by atoms with E-state index < -0.39 is 0 Å². The SMILES string of the molecule is CCNC(=NCC(c1cccs1)N(C)C)NCCc1c[nH]c2ccccc12.I. The lowest BCUT2D eigenvalue weighted by Crippen LogP contribution is -2.39. The first-order valence-corrected chi connectivity index (χ1v) is 10.3. The fourth-order valence-corrected chi connectivity index (χ4v) is 4.08. The van der Waals surface area contributed by atoms with Crippen LogP contribution in [0.1, 0.15) is 23.4 Å². The summed E-state index contributed by atoms with van der Waals surface area (Å²) >= 11 is 1.79. The summed E-state index contributed by atoms with van der Waals surface area (Å²) in [5, 5.41) is 10.3. The highest BCUT2D eigenvalue weighted by Gasteiger charge is 2.15. The lowest BCUT2D eigenvalue weighted by molar-refractivity contribution is 0.310. The lowest BCUT2D eigenvalue weighted by atomic mass is 10.1. The zero-order valence-electron chi connectivity index (χ0n) is 16.7. The molecule has 3 N–H and O–H groups in total. The standard InChI is InChI=1S/C21H29N5S.HI/c1-4-22-21(25-15-19(26(2)3)20-10-7-13-27-20)23-12-11-16-14-24-18-9-6-5-8-17(16)18;/h5-10,13-14,19,24H,4,11-12,15H2,1-3H3,(H2,22,23,25);1H. The van der Waals surface area contributed by atoms with Gasteiger partial charge in [-0.15, -0.1) is 35.3 Å². The van der Waals surface area contributed by atoms with Crippen LogP contribution in [0, 0.1) is 0 Å². The Bertz CT molecular complexity index is 857. The molecule has 0 aliphatic rings. The predicted molar refractivity (Wildman–Crippen MR) is 132 cm³/mol. The molecule has 2 heterocycles. The van der Waals surface area contributed by atoms with Gasteiger partial charge in [-0.1, -0.05) is 24.3 Å². The topological polar surface area (TPSA) is 55.5 Å². The highest BCUT2D eigenvalue weighted by molar-refractivity contribution is 14.0. The van der Waals surface area contributed by atoms with E-state index in [0.29, 0.717) is 6.04 Å². The number of hydrogen-bond acceptors (Lipinski definition) is 3. The molecule has 3 aromatic rings. The summed E-state index contributed by atoms with van der Waals surface area (Å²) in [5.74, 6) is 0.876. The van der Waals surface area contributed by atoms with Crippen LogP contribution in [-0.2, 0) is 6.42 Å². The summed E-state index contributed by atoms with van der Waals surface area (Å²) < 4.78 is 0. The molecule has 152 valence electrons. The maximum absolute atomic E-state index is 4.82. The number of nitrogens with zero attached hydrogens (tertiary/aromatic N) is 2. The molecule has 1 unspecified atom stereocenters. The number of aliphatic imine (C=N–C) groups is 1. The molecule has 3 rings (SSSR count). The Balaban J connectivity index is 0.00000280. The van der Waals surface area contributed by atoms with Gasteiger partial charge in [-0.05, 0) is 50.5 Å². The second-order valence-corrected chi connectivity index (χ2v) is 7.73.